The van der Waals surface area contributed by atoms with Crippen LogP contribution in [0.5, 0.6) is 0 Å². The van der Waals surface area contributed by atoms with E-state index in [0.29, 0.717) is 5.92 Å². The van der Waals surface area contributed by atoms with Crippen molar-refractivity contribution in [3.63, 3.8) is 0 Å². The van der Waals surface area contributed by atoms with E-state index >= 15 is 0 Å². The number of benzene rings is 1. The zero-order chi connectivity index (χ0) is 15.2. The molecule has 6 heteroatoms. The van der Waals surface area contributed by atoms with Crippen molar-refractivity contribution < 1.29 is 0 Å². The Balaban J connectivity index is 2.10. The summed E-state index contributed by atoms with van der Waals surface area (Å²) in [5.74, 6) is 1.55. The van der Waals surface area contributed by atoms with E-state index < -0.39 is 0 Å². The van der Waals surface area contributed by atoms with Gasteiger partial charge in [0.25, 0.3) is 0 Å². The molecule has 0 aliphatic carbocycles. The summed E-state index contributed by atoms with van der Waals surface area (Å²) in [5, 5.41) is 4.24. The van der Waals surface area contributed by atoms with E-state index in [1.807, 2.05) is 12.1 Å². The molecule has 0 aliphatic rings. The number of halogens is 1. The molecule has 3 nitrogen and oxygen atoms in total. The Morgan fingerprint density at radius 2 is 2.19 bits per heavy atom. The molecule has 21 heavy (non-hydrogen) atoms. The Labute approximate surface area is 139 Å². The van der Waals surface area contributed by atoms with Crippen LogP contribution in [0.1, 0.15) is 32.2 Å². The Morgan fingerprint density at radius 1 is 1.38 bits per heavy atom. The number of hydrogen-bond acceptors (Lipinski definition) is 5. The van der Waals surface area contributed by atoms with Gasteiger partial charge in [0.1, 0.15) is 5.82 Å². The third-order valence-electron chi connectivity index (χ3n) is 2.85. The van der Waals surface area contributed by atoms with Gasteiger partial charge in [0.05, 0.1) is 0 Å². The molecule has 0 radical (unpaired) electrons. The zero-order valence-electron chi connectivity index (χ0n) is 12.5. The third-order valence-corrected chi connectivity index (χ3v) is 5.00. The van der Waals surface area contributed by atoms with Crippen molar-refractivity contribution in [2.45, 2.75) is 43.0 Å². The van der Waals surface area contributed by atoms with Gasteiger partial charge in [0, 0.05) is 22.9 Å². The maximum atomic E-state index is 6.13. The lowest BCUT2D eigenvalue weighted by molar-refractivity contribution is 0.550. The van der Waals surface area contributed by atoms with Crippen LogP contribution >= 0.6 is 34.9 Å². The van der Waals surface area contributed by atoms with Gasteiger partial charge in [-0.2, -0.15) is 4.37 Å². The summed E-state index contributed by atoms with van der Waals surface area (Å²) < 4.78 is 5.32. The Morgan fingerprint density at radius 3 is 2.86 bits per heavy atom. The van der Waals surface area contributed by atoms with E-state index in [2.05, 4.69) is 41.5 Å². The SMILES string of the molecule is CCc1nsc(Sc2ccc(Cl)cc2CNCC(C)C)n1. The minimum absolute atomic E-state index is 0.635. The molecule has 0 unspecified atom stereocenters. The lowest BCUT2D eigenvalue weighted by Crippen LogP contribution is -2.19. The molecule has 0 atom stereocenters. The van der Waals surface area contributed by atoms with Crippen LogP contribution in [0, 0.1) is 5.92 Å². The second-order valence-electron chi connectivity index (χ2n) is 5.21. The fourth-order valence-corrected chi connectivity index (χ4v) is 3.76. The first-order valence-corrected chi connectivity index (χ1v) is 9.04. The van der Waals surface area contributed by atoms with Gasteiger partial charge in [-0.1, -0.05) is 44.1 Å². The summed E-state index contributed by atoms with van der Waals surface area (Å²) in [4.78, 5) is 5.70. The smallest absolute Gasteiger partial charge is 0.174 e. The molecule has 0 spiro atoms. The van der Waals surface area contributed by atoms with Crippen LogP contribution in [0.3, 0.4) is 0 Å². The van der Waals surface area contributed by atoms with Crippen molar-refractivity contribution in [1.29, 1.82) is 0 Å². The molecule has 2 rings (SSSR count). The minimum Gasteiger partial charge on any atom is -0.312 e. The number of nitrogens with one attached hydrogen (secondary N) is 1. The van der Waals surface area contributed by atoms with Crippen LogP contribution in [0.15, 0.2) is 27.4 Å². The molecule has 0 aliphatic heterocycles. The van der Waals surface area contributed by atoms with Crippen LogP contribution in [-0.2, 0) is 13.0 Å². The molecule has 0 saturated heterocycles. The van der Waals surface area contributed by atoms with Crippen LogP contribution in [0.4, 0.5) is 0 Å². The second-order valence-corrected chi connectivity index (χ2v) is 7.69. The van der Waals surface area contributed by atoms with Crippen molar-refractivity contribution in [1.82, 2.24) is 14.7 Å². The molecule has 0 bridgehead atoms. The first-order valence-electron chi connectivity index (χ1n) is 7.08. The van der Waals surface area contributed by atoms with Gasteiger partial charge in [-0.15, -0.1) is 0 Å². The fourth-order valence-electron chi connectivity index (χ4n) is 1.80. The average molecular weight is 342 g/mol. The molecule has 1 aromatic heterocycles. The van der Waals surface area contributed by atoms with E-state index in [-0.39, 0.29) is 0 Å². The average Bonchev–Trinajstić information content (AvgIpc) is 2.89. The largest absolute Gasteiger partial charge is 0.312 e. The van der Waals surface area contributed by atoms with Crippen molar-refractivity contribution in [3.05, 3.63) is 34.6 Å². The van der Waals surface area contributed by atoms with Crippen molar-refractivity contribution >= 4 is 34.9 Å². The zero-order valence-corrected chi connectivity index (χ0v) is 14.9. The van der Waals surface area contributed by atoms with Crippen molar-refractivity contribution in [2.24, 2.45) is 5.92 Å². The van der Waals surface area contributed by atoms with Gasteiger partial charge in [0.2, 0.25) is 0 Å². The highest BCUT2D eigenvalue weighted by atomic mass is 35.5. The minimum atomic E-state index is 0.635. The first-order chi connectivity index (χ1) is 10.1. The summed E-state index contributed by atoms with van der Waals surface area (Å²) in [6, 6.07) is 6.02. The van der Waals surface area contributed by atoms with Gasteiger partial charge >= 0.3 is 0 Å². The number of aryl methyl sites for hydroxylation is 1. The van der Waals surface area contributed by atoms with Gasteiger partial charge < -0.3 is 5.32 Å². The molecule has 0 saturated carbocycles. The van der Waals surface area contributed by atoms with Crippen molar-refractivity contribution in [2.75, 3.05) is 6.54 Å². The van der Waals surface area contributed by atoms with Gasteiger partial charge in [-0.3, -0.25) is 0 Å². The highest BCUT2D eigenvalue weighted by Gasteiger charge is 2.09. The molecule has 0 fully saturated rings. The number of hydrogen-bond donors (Lipinski definition) is 1. The Bertz CT molecular complexity index is 584. The van der Waals surface area contributed by atoms with Gasteiger partial charge in [-0.25, -0.2) is 4.98 Å². The van der Waals surface area contributed by atoms with E-state index in [1.54, 1.807) is 11.8 Å². The molecule has 0 amide bonds. The standard InChI is InChI=1S/C15H20ClN3S2/c1-4-14-18-15(21-19-14)20-13-6-5-12(16)7-11(13)9-17-8-10(2)3/h5-7,10,17H,4,8-9H2,1-3H3. The van der Waals surface area contributed by atoms with Crippen molar-refractivity contribution in [3.8, 4) is 0 Å². The van der Waals surface area contributed by atoms with E-state index in [0.717, 1.165) is 34.7 Å². The summed E-state index contributed by atoms with van der Waals surface area (Å²) in [5.41, 5.74) is 1.21. The topological polar surface area (TPSA) is 37.8 Å². The number of rotatable bonds is 7. The predicted molar refractivity (Wildman–Crippen MR) is 91.4 cm³/mol. The highest BCUT2D eigenvalue weighted by Crippen LogP contribution is 2.33. The summed E-state index contributed by atoms with van der Waals surface area (Å²) >= 11 is 9.25. The molecule has 1 N–H and O–H groups in total. The molecular formula is C15H20ClN3S2. The summed E-state index contributed by atoms with van der Waals surface area (Å²) in [6.45, 7) is 8.29. The molecule has 1 heterocycles. The lowest BCUT2D eigenvalue weighted by Gasteiger charge is -2.11. The second kappa shape index (κ2) is 8.13. The normalized spacial score (nSPS) is 11.3. The molecular weight excluding hydrogens is 322 g/mol. The lowest BCUT2D eigenvalue weighted by atomic mass is 10.2. The molecule has 1 aromatic carbocycles. The highest BCUT2D eigenvalue weighted by molar-refractivity contribution is 8.01. The van der Waals surface area contributed by atoms with E-state index in [1.165, 1.54) is 22.0 Å². The molecule has 2 aromatic rings. The van der Waals surface area contributed by atoms with Crippen LogP contribution in [-0.4, -0.2) is 15.9 Å². The Kier molecular flexibility index (Phi) is 6.48. The number of aromatic nitrogens is 2. The summed E-state index contributed by atoms with van der Waals surface area (Å²) in [6.07, 6.45) is 0.875. The monoisotopic (exact) mass is 341 g/mol. The van der Waals surface area contributed by atoms with Crippen LogP contribution < -0.4 is 5.32 Å². The van der Waals surface area contributed by atoms with E-state index in [9.17, 15) is 0 Å². The quantitative estimate of drug-likeness (QED) is 0.795. The van der Waals surface area contributed by atoms with Gasteiger partial charge in [0.15, 0.2) is 4.34 Å². The molecule has 114 valence electrons. The first kappa shape index (κ1) is 16.7. The van der Waals surface area contributed by atoms with Crippen LogP contribution in [0.2, 0.25) is 5.02 Å². The third kappa shape index (κ3) is 5.25. The predicted octanol–water partition coefficient (Wildman–Crippen LogP) is 4.65. The fraction of sp³-hybridized carbons (Fsp3) is 0.467. The maximum Gasteiger partial charge on any atom is 0.174 e. The van der Waals surface area contributed by atoms with E-state index in [4.69, 9.17) is 11.6 Å². The summed E-state index contributed by atoms with van der Waals surface area (Å²) in [7, 11) is 0. The van der Waals surface area contributed by atoms with Crippen LogP contribution in [0.25, 0.3) is 0 Å². The Hall–Kier alpha value is -0.620. The number of nitrogens with zero attached hydrogens (tertiary/aromatic N) is 2. The van der Waals surface area contributed by atoms with Gasteiger partial charge in [-0.05, 0) is 47.8 Å². The maximum absolute atomic E-state index is 6.13.